The van der Waals surface area contributed by atoms with Gasteiger partial charge in [-0.3, -0.25) is 4.79 Å². The van der Waals surface area contributed by atoms with Crippen LogP contribution in [0.4, 0.5) is 4.79 Å². The molecule has 1 N–H and O–H groups in total. The molecule has 0 bridgehead atoms. The fourth-order valence-corrected chi connectivity index (χ4v) is 2.89. The Bertz CT molecular complexity index is 927. The highest BCUT2D eigenvalue weighted by atomic mass is 16.6. The highest BCUT2D eigenvalue weighted by Gasteiger charge is 2.29. The first-order valence-corrected chi connectivity index (χ1v) is 10.1. The normalized spacial score (nSPS) is 11.9. The molecule has 1 amide bonds. The zero-order chi connectivity index (χ0) is 23.0. The van der Waals surface area contributed by atoms with Crippen LogP contribution in [0, 0.1) is 0 Å². The fourth-order valence-electron chi connectivity index (χ4n) is 2.89. The molecule has 31 heavy (non-hydrogen) atoms. The minimum absolute atomic E-state index is 0.121. The van der Waals surface area contributed by atoms with Gasteiger partial charge in [-0.25, -0.2) is 9.59 Å². The van der Waals surface area contributed by atoms with Crippen LogP contribution >= 0.6 is 0 Å². The van der Waals surface area contributed by atoms with Crippen LogP contribution in [-0.2, 0) is 25.5 Å². The molecule has 0 radical (unpaired) electrons. The number of nitrogens with one attached hydrogen (secondary N) is 1. The van der Waals surface area contributed by atoms with Gasteiger partial charge in [0.05, 0.1) is 18.2 Å². The second-order valence-electron chi connectivity index (χ2n) is 8.03. The maximum atomic E-state index is 12.9. The standard InChI is InChI=1S/C25H29NO5/c1-6-30-23(28)17(2)22(27)21(26-24(29)31-25(3,4)5)16-18-12-14-20(15-13-18)19-10-8-7-9-11-19/h7-15,21H,2,6,16H2,1,3-5H3,(H,26,29)/t21-/m1/s1. The quantitative estimate of drug-likeness (QED) is 0.293. The largest absolute Gasteiger partial charge is 0.462 e. The molecule has 0 aromatic heterocycles. The van der Waals surface area contributed by atoms with E-state index in [1.807, 2.05) is 54.6 Å². The molecule has 1 atom stereocenters. The highest BCUT2D eigenvalue weighted by molar-refractivity contribution is 6.19. The Morgan fingerprint density at radius 3 is 2.10 bits per heavy atom. The average Bonchev–Trinajstić information content (AvgIpc) is 2.72. The van der Waals surface area contributed by atoms with Crippen molar-refractivity contribution in [2.24, 2.45) is 0 Å². The Morgan fingerprint density at radius 2 is 1.55 bits per heavy atom. The van der Waals surface area contributed by atoms with Crippen molar-refractivity contribution < 1.29 is 23.9 Å². The lowest BCUT2D eigenvalue weighted by Gasteiger charge is -2.23. The van der Waals surface area contributed by atoms with Gasteiger partial charge in [-0.1, -0.05) is 61.2 Å². The minimum atomic E-state index is -1.02. The molecule has 2 aromatic carbocycles. The van der Waals surface area contributed by atoms with Crippen LogP contribution in [0.15, 0.2) is 66.7 Å². The number of hydrogen-bond donors (Lipinski definition) is 1. The Morgan fingerprint density at radius 1 is 0.968 bits per heavy atom. The van der Waals surface area contributed by atoms with Crippen LogP contribution in [0.2, 0.25) is 0 Å². The van der Waals surface area contributed by atoms with Gasteiger partial charge in [0.1, 0.15) is 5.60 Å². The van der Waals surface area contributed by atoms with Crippen molar-refractivity contribution in [1.29, 1.82) is 0 Å². The summed E-state index contributed by atoms with van der Waals surface area (Å²) < 4.78 is 10.1. The van der Waals surface area contributed by atoms with E-state index in [1.54, 1.807) is 27.7 Å². The van der Waals surface area contributed by atoms with Crippen LogP contribution in [0.25, 0.3) is 11.1 Å². The van der Waals surface area contributed by atoms with Gasteiger partial charge in [-0.2, -0.15) is 0 Å². The molecule has 0 saturated heterocycles. The first-order chi connectivity index (χ1) is 14.6. The zero-order valence-corrected chi connectivity index (χ0v) is 18.4. The Hall–Kier alpha value is -3.41. The van der Waals surface area contributed by atoms with E-state index in [2.05, 4.69) is 11.9 Å². The predicted molar refractivity (Wildman–Crippen MR) is 120 cm³/mol. The first-order valence-electron chi connectivity index (χ1n) is 10.1. The van der Waals surface area contributed by atoms with E-state index in [-0.39, 0.29) is 18.6 Å². The van der Waals surface area contributed by atoms with Crippen LogP contribution in [-0.4, -0.2) is 36.1 Å². The summed E-state index contributed by atoms with van der Waals surface area (Å²) in [4.78, 5) is 37.1. The average molecular weight is 424 g/mol. The molecule has 0 aliphatic heterocycles. The van der Waals surface area contributed by atoms with Gasteiger partial charge >= 0.3 is 12.1 Å². The summed E-state index contributed by atoms with van der Waals surface area (Å²) >= 11 is 0. The van der Waals surface area contributed by atoms with Crippen molar-refractivity contribution >= 4 is 17.8 Å². The topological polar surface area (TPSA) is 81.7 Å². The van der Waals surface area contributed by atoms with Crippen LogP contribution in [0.3, 0.4) is 0 Å². The third-order valence-electron chi connectivity index (χ3n) is 4.33. The van der Waals surface area contributed by atoms with Gasteiger partial charge < -0.3 is 14.8 Å². The number of Topliss-reactive ketones (excluding diaryl/α,β-unsaturated/α-hetero) is 1. The highest BCUT2D eigenvalue weighted by Crippen LogP contribution is 2.20. The molecular weight excluding hydrogens is 394 g/mol. The SMILES string of the molecule is C=C(C(=O)OCC)C(=O)[C@@H](Cc1ccc(-c2ccccc2)cc1)NC(=O)OC(C)(C)C. The molecule has 6 heteroatoms. The van der Waals surface area contributed by atoms with Crippen molar-refractivity contribution in [3.63, 3.8) is 0 Å². The third kappa shape index (κ3) is 7.41. The molecule has 0 saturated carbocycles. The summed E-state index contributed by atoms with van der Waals surface area (Å²) in [5.41, 5.74) is 1.87. The van der Waals surface area contributed by atoms with E-state index in [0.29, 0.717) is 0 Å². The summed E-state index contributed by atoms with van der Waals surface area (Å²) in [6.45, 7) is 10.5. The number of hydrogen-bond acceptors (Lipinski definition) is 5. The summed E-state index contributed by atoms with van der Waals surface area (Å²) in [6.07, 6.45) is -0.575. The molecular formula is C25H29NO5. The molecule has 164 valence electrons. The van der Waals surface area contributed by atoms with Gasteiger partial charge in [0.2, 0.25) is 0 Å². The summed E-state index contributed by atoms with van der Waals surface area (Å²) in [7, 11) is 0. The summed E-state index contributed by atoms with van der Waals surface area (Å²) in [5, 5.41) is 2.57. The maximum absolute atomic E-state index is 12.9. The lowest BCUT2D eigenvalue weighted by molar-refractivity contribution is -0.140. The van der Waals surface area contributed by atoms with Crippen LogP contribution < -0.4 is 5.32 Å². The van der Waals surface area contributed by atoms with Crippen molar-refractivity contribution in [2.75, 3.05) is 6.61 Å². The van der Waals surface area contributed by atoms with E-state index < -0.39 is 29.5 Å². The number of ketones is 1. The van der Waals surface area contributed by atoms with Gasteiger partial charge in [0.25, 0.3) is 0 Å². The molecule has 0 heterocycles. The van der Waals surface area contributed by atoms with Gasteiger partial charge in [-0.05, 0) is 44.4 Å². The second kappa shape index (κ2) is 10.6. The maximum Gasteiger partial charge on any atom is 0.408 e. The van der Waals surface area contributed by atoms with Gasteiger partial charge in [0.15, 0.2) is 5.78 Å². The van der Waals surface area contributed by atoms with Crippen molar-refractivity contribution in [2.45, 2.75) is 45.8 Å². The Labute approximate surface area is 183 Å². The first kappa shape index (κ1) is 23.9. The lowest BCUT2D eigenvalue weighted by atomic mass is 9.96. The van der Waals surface area contributed by atoms with Crippen molar-refractivity contribution in [3.05, 3.63) is 72.3 Å². The Balaban J connectivity index is 2.21. The molecule has 0 fully saturated rings. The Kier molecular flexibility index (Phi) is 8.14. The van der Waals surface area contributed by atoms with Crippen LogP contribution in [0.1, 0.15) is 33.3 Å². The van der Waals surface area contributed by atoms with E-state index in [1.165, 1.54) is 0 Å². The minimum Gasteiger partial charge on any atom is -0.462 e. The molecule has 0 aliphatic carbocycles. The number of carbonyl (C=O) groups is 3. The summed E-state index contributed by atoms with van der Waals surface area (Å²) in [5.74, 6) is -1.42. The fraction of sp³-hybridized carbons (Fsp3) is 0.320. The van der Waals surface area contributed by atoms with Gasteiger partial charge in [0, 0.05) is 6.42 Å². The summed E-state index contributed by atoms with van der Waals surface area (Å²) in [6, 6.07) is 16.5. The molecule has 0 unspecified atom stereocenters. The number of esters is 1. The number of alkyl carbamates (subject to hydrolysis) is 1. The molecule has 2 rings (SSSR count). The lowest BCUT2D eigenvalue weighted by Crippen LogP contribution is -2.46. The van der Waals surface area contributed by atoms with Crippen LogP contribution in [0.5, 0.6) is 0 Å². The second-order valence-corrected chi connectivity index (χ2v) is 8.03. The van der Waals surface area contributed by atoms with E-state index in [0.717, 1.165) is 16.7 Å². The van der Waals surface area contributed by atoms with E-state index >= 15 is 0 Å². The monoisotopic (exact) mass is 423 g/mol. The van der Waals surface area contributed by atoms with Gasteiger partial charge in [-0.15, -0.1) is 0 Å². The molecule has 0 spiro atoms. The number of rotatable bonds is 8. The number of benzene rings is 2. The van der Waals surface area contributed by atoms with E-state index in [9.17, 15) is 14.4 Å². The number of carbonyl (C=O) groups excluding carboxylic acids is 3. The number of amides is 1. The predicted octanol–water partition coefficient (Wildman–Crippen LogP) is 4.48. The molecule has 0 aliphatic rings. The van der Waals surface area contributed by atoms with E-state index in [4.69, 9.17) is 9.47 Å². The van der Waals surface area contributed by atoms with Crippen molar-refractivity contribution in [3.8, 4) is 11.1 Å². The third-order valence-corrected chi connectivity index (χ3v) is 4.33. The number of ether oxygens (including phenoxy) is 2. The molecule has 6 nitrogen and oxygen atoms in total. The molecule has 2 aromatic rings. The zero-order valence-electron chi connectivity index (χ0n) is 18.4. The smallest absolute Gasteiger partial charge is 0.408 e. The van der Waals surface area contributed by atoms with Crippen molar-refractivity contribution in [1.82, 2.24) is 5.32 Å².